The van der Waals surface area contributed by atoms with Crippen LogP contribution in [0.15, 0.2) is 66.9 Å². The van der Waals surface area contributed by atoms with Crippen LogP contribution in [0.25, 0.3) is 0 Å². The number of nitrogens with one attached hydrogen (secondary N) is 1. The molecular weight excluding hydrogens is 483 g/mol. The van der Waals surface area contributed by atoms with Crippen LogP contribution in [-0.2, 0) is 31.6 Å². The first-order chi connectivity index (χ1) is 17.2. The van der Waals surface area contributed by atoms with Crippen molar-refractivity contribution in [1.82, 2.24) is 10.1 Å². The van der Waals surface area contributed by atoms with Crippen molar-refractivity contribution in [2.24, 2.45) is 0 Å². The van der Waals surface area contributed by atoms with Crippen molar-refractivity contribution >= 4 is 20.0 Å². The van der Waals surface area contributed by atoms with E-state index in [4.69, 9.17) is 13.8 Å². The van der Waals surface area contributed by atoms with Crippen LogP contribution >= 0.6 is 7.75 Å². The van der Waals surface area contributed by atoms with Crippen LogP contribution < -0.4 is 9.61 Å². The van der Waals surface area contributed by atoms with Gasteiger partial charge < -0.3 is 14.4 Å². The van der Waals surface area contributed by atoms with Crippen LogP contribution in [0.2, 0.25) is 0 Å². The summed E-state index contributed by atoms with van der Waals surface area (Å²) in [6.07, 6.45) is 1.58. The number of aldehydes is 1. The van der Waals surface area contributed by atoms with Gasteiger partial charge in [0.05, 0.1) is 24.0 Å². The zero-order valence-corrected chi connectivity index (χ0v) is 21.2. The minimum absolute atomic E-state index is 0.0335. The molecule has 10 heteroatoms. The van der Waals surface area contributed by atoms with Crippen molar-refractivity contribution in [3.8, 4) is 11.5 Å². The summed E-state index contributed by atoms with van der Waals surface area (Å²) in [6.45, 7) is 4.59. The van der Waals surface area contributed by atoms with Crippen molar-refractivity contribution in [3.63, 3.8) is 0 Å². The van der Waals surface area contributed by atoms with Gasteiger partial charge >= 0.3 is 13.7 Å². The number of rotatable bonds is 12. The number of aromatic hydroxyl groups is 1. The molecule has 0 aliphatic rings. The third-order valence-corrected chi connectivity index (χ3v) is 6.62. The lowest BCUT2D eigenvalue weighted by atomic mass is 10.1. The van der Waals surface area contributed by atoms with Crippen molar-refractivity contribution in [1.29, 1.82) is 0 Å². The van der Waals surface area contributed by atoms with E-state index >= 15 is 0 Å². The maximum absolute atomic E-state index is 14.0. The van der Waals surface area contributed by atoms with E-state index in [1.54, 1.807) is 51.1 Å². The Morgan fingerprint density at radius 1 is 1.11 bits per heavy atom. The smallest absolute Gasteiger partial charge is 0.459 e. The molecule has 0 fully saturated rings. The molecule has 9 nitrogen and oxygen atoms in total. The van der Waals surface area contributed by atoms with Gasteiger partial charge in [0, 0.05) is 11.8 Å². The zero-order valence-electron chi connectivity index (χ0n) is 20.3. The fraction of sp³-hybridized carbons (Fsp3) is 0.269. The first-order valence-electron chi connectivity index (χ1n) is 11.3. The summed E-state index contributed by atoms with van der Waals surface area (Å²) < 4.78 is 30.8. The van der Waals surface area contributed by atoms with Crippen molar-refractivity contribution in [2.45, 2.75) is 45.9 Å². The van der Waals surface area contributed by atoms with Gasteiger partial charge in [-0.1, -0.05) is 48.5 Å². The van der Waals surface area contributed by atoms with Crippen LogP contribution in [0, 0.1) is 6.92 Å². The van der Waals surface area contributed by atoms with Gasteiger partial charge in [-0.15, -0.1) is 0 Å². The van der Waals surface area contributed by atoms with E-state index in [0.717, 1.165) is 5.56 Å². The summed E-state index contributed by atoms with van der Waals surface area (Å²) in [6, 6.07) is 16.4. The fourth-order valence-electron chi connectivity index (χ4n) is 3.30. The van der Waals surface area contributed by atoms with Crippen LogP contribution in [0.5, 0.6) is 11.5 Å². The lowest BCUT2D eigenvalue weighted by molar-refractivity contribution is -0.149. The van der Waals surface area contributed by atoms with Gasteiger partial charge in [-0.25, -0.2) is 4.57 Å². The Balaban J connectivity index is 1.92. The first kappa shape index (κ1) is 27.1. The van der Waals surface area contributed by atoms with Crippen LogP contribution in [0.4, 0.5) is 0 Å². The lowest BCUT2D eigenvalue weighted by Gasteiger charge is -2.25. The van der Waals surface area contributed by atoms with E-state index in [2.05, 4.69) is 10.1 Å². The summed E-state index contributed by atoms with van der Waals surface area (Å²) >= 11 is 0. The number of para-hydroxylation sites is 1. The molecule has 0 radical (unpaired) electrons. The fourth-order valence-corrected chi connectivity index (χ4v) is 4.77. The SMILES string of the molecule is Cc1ncc(COP(=O)(N[C@@H](Cc2ccccc2)C(=O)OC(C)C)Oc2ccccc2)c(C=O)c1O. The molecule has 3 rings (SSSR count). The highest BCUT2D eigenvalue weighted by Gasteiger charge is 2.35. The molecule has 1 unspecified atom stereocenters. The second-order valence-corrected chi connectivity index (χ2v) is 9.98. The Kier molecular flexibility index (Phi) is 9.36. The molecule has 2 N–H and O–H groups in total. The molecule has 1 aromatic heterocycles. The van der Waals surface area contributed by atoms with Gasteiger partial charge in [-0.05, 0) is 44.9 Å². The molecule has 2 atom stereocenters. The summed E-state index contributed by atoms with van der Waals surface area (Å²) in [5.41, 5.74) is 1.24. The van der Waals surface area contributed by atoms with Gasteiger partial charge in [-0.3, -0.25) is 19.1 Å². The molecular formula is C26H29N2O7P. The minimum Gasteiger partial charge on any atom is -0.505 e. The number of esters is 1. The normalized spacial score (nSPS) is 13.6. The number of aromatic nitrogens is 1. The molecule has 0 spiro atoms. The Hall–Kier alpha value is -3.52. The molecule has 0 amide bonds. The highest BCUT2D eigenvalue weighted by atomic mass is 31.2. The number of nitrogens with zero attached hydrogens (tertiary/aromatic N) is 1. The molecule has 0 aliphatic carbocycles. The Morgan fingerprint density at radius 2 is 1.75 bits per heavy atom. The first-order valence-corrected chi connectivity index (χ1v) is 12.9. The summed E-state index contributed by atoms with van der Waals surface area (Å²) in [5, 5.41) is 12.9. The molecule has 1 heterocycles. The van der Waals surface area contributed by atoms with E-state index in [1.807, 2.05) is 30.3 Å². The second kappa shape index (κ2) is 12.4. The van der Waals surface area contributed by atoms with Crippen molar-refractivity contribution in [2.75, 3.05) is 0 Å². The largest absolute Gasteiger partial charge is 0.505 e. The summed E-state index contributed by atoms with van der Waals surface area (Å²) in [7, 11) is -4.23. The zero-order chi connectivity index (χ0) is 26.1. The average Bonchev–Trinajstić information content (AvgIpc) is 2.85. The molecule has 2 aromatic carbocycles. The van der Waals surface area contributed by atoms with Crippen molar-refractivity contribution < 1.29 is 33.0 Å². The topological polar surface area (TPSA) is 124 Å². The number of hydrogen-bond acceptors (Lipinski definition) is 8. The number of hydrogen-bond donors (Lipinski definition) is 2. The quantitative estimate of drug-likeness (QED) is 0.201. The predicted octanol–water partition coefficient (Wildman–Crippen LogP) is 4.76. The highest BCUT2D eigenvalue weighted by molar-refractivity contribution is 7.52. The molecule has 0 aliphatic heterocycles. The standard InChI is InChI=1S/C26H29N2O7P/c1-18(2)34-26(31)24(14-20-10-6-4-7-11-20)28-36(32,35-22-12-8-5-9-13-22)33-17-21-15-27-19(3)25(30)23(21)16-29/h4-13,15-16,18,24,30H,14,17H2,1-3H3,(H,28,32)/t24-,36?/m0/s1. The van der Waals surface area contributed by atoms with Crippen LogP contribution in [0.1, 0.15) is 41.0 Å². The second-order valence-electron chi connectivity index (χ2n) is 8.28. The minimum atomic E-state index is -4.23. The summed E-state index contributed by atoms with van der Waals surface area (Å²) in [5.74, 6) is -0.678. The average molecular weight is 512 g/mol. The third-order valence-electron chi connectivity index (χ3n) is 5.07. The highest BCUT2D eigenvalue weighted by Crippen LogP contribution is 2.46. The number of carbonyl (C=O) groups is 2. The monoisotopic (exact) mass is 512 g/mol. The van der Waals surface area contributed by atoms with Gasteiger partial charge in [0.15, 0.2) is 6.29 Å². The molecule has 36 heavy (non-hydrogen) atoms. The molecule has 0 bridgehead atoms. The van der Waals surface area contributed by atoms with Gasteiger partial charge in [-0.2, -0.15) is 5.09 Å². The maximum Gasteiger partial charge on any atom is 0.459 e. The van der Waals surface area contributed by atoms with Gasteiger partial charge in [0.2, 0.25) is 0 Å². The number of aryl methyl sites for hydroxylation is 1. The van der Waals surface area contributed by atoms with E-state index in [0.29, 0.717) is 6.29 Å². The lowest BCUT2D eigenvalue weighted by Crippen LogP contribution is -2.40. The van der Waals surface area contributed by atoms with E-state index in [-0.39, 0.29) is 41.3 Å². The van der Waals surface area contributed by atoms with Gasteiger partial charge in [0.1, 0.15) is 17.5 Å². The number of pyridine rings is 1. The molecule has 190 valence electrons. The Bertz CT molecular complexity index is 1220. The van der Waals surface area contributed by atoms with Crippen LogP contribution in [-0.4, -0.2) is 34.5 Å². The number of carbonyl (C=O) groups excluding carboxylic acids is 2. The number of ether oxygens (including phenoxy) is 1. The van der Waals surface area contributed by atoms with Gasteiger partial charge in [0.25, 0.3) is 0 Å². The van der Waals surface area contributed by atoms with Crippen LogP contribution in [0.3, 0.4) is 0 Å². The maximum atomic E-state index is 14.0. The molecule has 0 saturated heterocycles. The Morgan fingerprint density at radius 3 is 2.36 bits per heavy atom. The van der Waals surface area contributed by atoms with E-state index in [9.17, 15) is 19.3 Å². The Labute approximate surface area is 210 Å². The predicted molar refractivity (Wildman–Crippen MR) is 134 cm³/mol. The van der Waals surface area contributed by atoms with Crippen molar-refractivity contribution in [3.05, 3.63) is 89.2 Å². The molecule has 3 aromatic rings. The van der Waals surface area contributed by atoms with E-state index < -0.39 is 25.9 Å². The third kappa shape index (κ3) is 7.49. The molecule has 0 saturated carbocycles. The number of benzene rings is 2. The van der Waals surface area contributed by atoms with E-state index in [1.165, 1.54) is 6.20 Å². The summed E-state index contributed by atoms with van der Waals surface area (Å²) in [4.78, 5) is 28.5.